The van der Waals surface area contributed by atoms with Gasteiger partial charge in [-0.15, -0.1) is 21.5 Å². The average molecular weight is 473 g/mol. The first-order valence-electron chi connectivity index (χ1n) is 11.6. The summed E-state index contributed by atoms with van der Waals surface area (Å²) in [5, 5.41) is 11.9. The lowest BCUT2D eigenvalue weighted by molar-refractivity contribution is 0.103. The van der Waals surface area contributed by atoms with Gasteiger partial charge in [0.1, 0.15) is 19.0 Å². The number of rotatable bonds is 4. The van der Waals surface area contributed by atoms with Crippen molar-refractivity contribution in [3.05, 3.63) is 65.3 Å². The molecule has 1 N–H and O–H groups in total. The number of anilines is 1. The molecule has 0 aliphatic carbocycles. The van der Waals surface area contributed by atoms with Gasteiger partial charge in [0.15, 0.2) is 17.3 Å². The van der Waals surface area contributed by atoms with E-state index in [-0.39, 0.29) is 5.91 Å². The maximum absolute atomic E-state index is 13.0. The van der Waals surface area contributed by atoms with Gasteiger partial charge in [-0.1, -0.05) is 18.6 Å². The molecule has 4 heterocycles. The second-order valence-corrected chi connectivity index (χ2v) is 9.54. The first-order valence-corrected chi connectivity index (χ1v) is 12.4. The molecule has 172 valence electrons. The Morgan fingerprint density at radius 3 is 2.76 bits per heavy atom. The van der Waals surface area contributed by atoms with Gasteiger partial charge in [-0.05, 0) is 60.9 Å². The van der Waals surface area contributed by atoms with E-state index in [2.05, 4.69) is 20.1 Å². The van der Waals surface area contributed by atoms with E-state index in [9.17, 15) is 4.79 Å². The van der Waals surface area contributed by atoms with Crippen molar-refractivity contribution >= 4 is 22.9 Å². The molecule has 7 nitrogen and oxygen atoms in total. The number of ether oxygens (including phenoxy) is 2. The topological polar surface area (TPSA) is 78.3 Å². The van der Waals surface area contributed by atoms with Gasteiger partial charge in [-0.3, -0.25) is 4.79 Å². The van der Waals surface area contributed by atoms with E-state index < -0.39 is 0 Å². The molecule has 0 bridgehead atoms. The molecule has 2 aliphatic rings. The van der Waals surface area contributed by atoms with Gasteiger partial charge in [0.2, 0.25) is 0 Å². The van der Waals surface area contributed by atoms with Crippen molar-refractivity contribution < 1.29 is 14.3 Å². The summed E-state index contributed by atoms with van der Waals surface area (Å²) in [5.74, 6) is 3.28. The van der Waals surface area contributed by atoms with E-state index >= 15 is 0 Å². The normalized spacial score (nSPS) is 14.8. The zero-order chi connectivity index (χ0) is 22.9. The lowest BCUT2D eigenvalue weighted by atomic mass is 10.1. The Labute approximate surface area is 201 Å². The summed E-state index contributed by atoms with van der Waals surface area (Å²) >= 11 is 1.45. The van der Waals surface area contributed by atoms with Gasteiger partial charge in [-0.2, -0.15) is 0 Å². The lowest BCUT2D eigenvalue weighted by Gasteiger charge is -2.18. The first-order chi connectivity index (χ1) is 16.7. The van der Waals surface area contributed by atoms with Gasteiger partial charge in [-0.25, -0.2) is 0 Å². The summed E-state index contributed by atoms with van der Waals surface area (Å²) < 4.78 is 13.5. The van der Waals surface area contributed by atoms with Crippen molar-refractivity contribution in [1.29, 1.82) is 0 Å². The second-order valence-electron chi connectivity index (χ2n) is 8.46. The molecule has 1 amide bonds. The van der Waals surface area contributed by atoms with Crippen molar-refractivity contribution in [2.24, 2.45) is 0 Å². The van der Waals surface area contributed by atoms with Crippen LogP contribution in [0.5, 0.6) is 11.5 Å². The highest BCUT2D eigenvalue weighted by molar-refractivity contribution is 7.17. The minimum Gasteiger partial charge on any atom is -0.486 e. The Balaban J connectivity index is 1.20. The second kappa shape index (κ2) is 8.95. The van der Waals surface area contributed by atoms with Crippen LogP contribution in [0, 0.1) is 0 Å². The Kier molecular flexibility index (Phi) is 5.50. The van der Waals surface area contributed by atoms with Gasteiger partial charge >= 0.3 is 0 Å². The fourth-order valence-corrected chi connectivity index (χ4v) is 5.34. The number of fused-ring (bicyclic) bond motifs is 2. The number of carbonyl (C=O) groups excluding carboxylic acids is 1. The zero-order valence-electron chi connectivity index (χ0n) is 18.6. The molecule has 2 aromatic carbocycles. The highest BCUT2D eigenvalue weighted by atomic mass is 32.1. The minimum absolute atomic E-state index is 0.133. The fourth-order valence-electron chi connectivity index (χ4n) is 4.44. The number of hydrogen-bond acceptors (Lipinski definition) is 6. The molecular formula is C26H24N4O3S. The third-order valence-corrected chi connectivity index (χ3v) is 7.28. The van der Waals surface area contributed by atoms with Crippen LogP contribution >= 0.6 is 11.3 Å². The molecule has 2 aliphatic heterocycles. The monoisotopic (exact) mass is 472 g/mol. The van der Waals surface area contributed by atoms with Crippen LogP contribution in [0.25, 0.3) is 21.8 Å². The van der Waals surface area contributed by atoms with E-state index in [1.165, 1.54) is 17.8 Å². The number of nitrogens with zero attached hydrogens (tertiary/aromatic N) is 3. The number of amides is 1. The van der Waals surface area contributed by atoms with Crippen molar-refractivity contribution in [2.45, 2.75) is 32.2 Å². The highest BCUT2D eigenvalue weighted by Crippen LogP contribution is 2.37. The van der Waals surface area contributed by atoms with Crippen molar-refractivity contribution in [1.82, 2.24) is 14.8 Å². The van der Waals surface area contributed by atoms with Crippen LogP contribution in [0.1, 0.15) is 34.8 Å². The van der Waals surface area contributed by atoms with Crippen LogP contribution in [0.4, 0.5) is 5.69 Å². The van der Waals surface area contributed by atoms with E-state index in [4.69, 9.17) is 9.47 Å². The maximum atomic E-state index is 13.0. The zero-order valence-corrected chi connectivity index (χ0v) is 19.4. The van der Waals surface area contributed by atoms with Crippen molar-refractivity contribution in [3.63, 3.8) is 0 Å². The highest BCUT2D eigenvalue weighted by Gasteiger charge is 2.18. The molecule has 34 heavy (non-hydrogen) atoms. The summed E-state index contributed by atoms with van der Waals surface area (Å²) in [6, 6.07) is 17.5. The summed E-state index contributed by atoms with van der Waals surface area (Å²) in [5.41, 5.74) is 2.70. The lowest BCUT2D eigenvalue weighted by Crippen LogP contribution is -2.15. The van der Waals surface area contributed by atoms with E-state index in [1.54, 1.807) is 0 Å². The SMILES string of the molecule is O=C(Nc1cccc(-c2nnc3n2CCCCC3)c1)c1ccc(-c2ccc3c(c2)OCCO3)s1. The molecule has 8 heteroatoms. The molecule has 0 saturated carbocycles. The Morgan fingerprint density at radius 1 is 0.912 bits per heavy atom. The molecular weight excluding hydrogens is 448 g/mol. The third-order valence-electron chi connectivity index (χ3n) is 6.14. The maximum Gasteiger partial charge on any atom is 0.265 e. The van der Waals surface area contributed by atoms with E-state index in [1.807, 2.05) is 54.6 Å². The number of hydrogen-bond donors (Lipinski definition) is 1. The number of carbonyl (C=O) groups is 1. The molecule has 2 aromatic heterocycles. The predicted molar refractivity (Wildman–Crippen MR) is 132 cm³/mol. The average Bonchev–Trinajstić information content (AvgIpc) is 3.46. The van der Waals surface area contributed by atoms with Crippen LogP contribution in [-0.4, -0.2) is 33.9 Å². The van der Waals surface area contributed by atoms with Crippen LogP contribution in [-0.2, 0) is 13.0 Å². The van der Waals surface area contributed by atoms with Crippen LogP contribution in [0.15, 0.2) is 54.6 Å². The number of nitrogens with one attached hydrogen (secondary N) is 1. The summed E-state index contributed by atoms with van der Waals surface area (Å²) in [6.07, 6.45) is 4.48. The summed E-state index contributed by atoms with van der Waals surface area (Å²) in [4.78, 5) is 14.6. The van der Waals surface area contributed by atoms with Gasteiger partial charge in [0, 0.05) is 29.1 Å². The predicted octanol–water partition coefficient (Wildman–Crippen LogP) is 5.42. The summed E-state index contributed by atoms with van der Waals surface area (Å²) in [7, 11) is 0. The van der Waals surface area contributed by atoms with Crippen LogP contribution < -0.4 is 14.8 Å². The van der Waals surface area contributed by atoms with Crippen molar-refractivity contribution in [2.75, 3.05) is 18.5 Å². The Hall–Kier alpha value is -3.65. The number of aryl methyl sites for hydroxylation is 1. The van der Waals surface area contributed by atoms with Gasteiger partial charge in [0.25, 0.3) is 5.91 Å². The van der Waals surface area contributed by atoms with Gasteiger partial charge in [0.05, 0.1) is 4.88 Å². The summed E-state index contributed by atoms with van der Waals surface area (Å²) in [6.45, 7) is 2.05. The number of benzene rings is 2. The third kappa shape index (κ3) is 4.05. The van der Waals surface area contributed by atoms with Crippen LogP contribution in [0.3, 0.4) is 0 Å². The van der Waals surface area contributed by atoms with Crippen molar-refractivity contribution in [3.8, 4) is 33.3 Å². The number of aromatic nitrogens is 3. The van der Waals surface area contributed by atoms with Gasteiger partial charge < -0.3 is 19.4 Å². The Bertz CT molecular complexity index is 1360. The largest absolute Gasteiger partial charge is 0.486 e. The molecule has 0 radical (unpaired) electrons. The standard InChI is InChI=1S/C26H24N4O3S/c31-26(23-11-10-22(34-23)17-8-9-20-21(16-17)33-14-13-32-20)27-19-6-4-5-18(15-19)25-29-28-24-7-2-1-3-12-30(24)25/h4-6,8-11,15-16H,1-3,7,12-14H2,(H,27,31). The fraction of sp³-hybridized carbons (Fsp3) is 0.269. The molecule has 0 atom stereocenters. The Morgan fingerprint density at radius 2 is 1.82 bits per heavy atom. The quantitative estimate of drug-likeness (QED) is 0.429. The molecule has 0 fully saturated rings. The van der Waals surface area contributed by atoms with Crippen LogP contribution in [0.2, 0.25) is 0 Å². The van der Waals surface area contributed by atoms with E-state index in [0.717, 1.165) is 70.6 Å². The molecule has 4 aromatic rings. The number of thiophene rings is 1. The molecule has 6 rings (SSSR count). The smallest absolute Gasteiger partial charge is 0.265 e. The van der Waals surface area contributed by atoms with E-state index in [0.29, 0.717) is 18.1 Å². The first kappa shape index (κ1) is 20.9. The minimum atomic E-state index is -0.133. The molecule has 0 spiro atoms. The molecule has 0 saturated heterocycles. The molecule has 0 unspecified atom stereocenters.